The van der Waals surface area contributed by atoms with Gasteiger partial charge in [0.15, 0.2) is 5.13 Å². The number of nitrogens with one attached hydrogen (secondary N) is 1. The summed E-state index contributed by atoms with van der Waals surface area (Å²) in [6, 6.07) is -1.36. The topological polar surface area (TPSA) is 148 Å². The Hall–Kier alpha value is -2.16. The Balaban J connectivity index is 2.81. The molecule has 8 nitrogen and oxygen atoms in total. The van der Waals surface area contributed by atoms with Crippen molar-refractivity contribution in [3.05, 3.63) is 10.6 Å². The van der Waals surface area contributed by atoms with Crippen molar-refractivity contribution in [1.29, 1.82) is 0 Å². The summed E-state index contributed by atoms with van der Waals surface area (Å²) in [6.07, 6.45) is -0.478. The maximum absolute atomic E-state index is 11.8. The summed E-state index contributed by atoms with van der Waals surface area (Å²) in [6.45, 7) is 1.58. The van der Waals surface area contributed by atoms with Gasteiger partial charge in [-0.15, -0.1) is 0 Å². The Kier molecular flexibility index (Phi) is 4.21. The summed E-state index contributed by atoms with van der Waals surface area (Å²) in [4.78, 5) is 37.3. The Morgan fingerprint density at radius 3 is 2.50 bits per heavy atom. The molecule has 6 N–H and O–H groups in total. The molecule has 0 aliphatic heterocycles. The van der Waals surface area contributed by atoms with Crippen molar-refractivity contribution in [2.24, 2.45) is 5.73 Å². The third-order valence-corrected chi connectivity index (χ3v) is 3.01. The van der Waals surface area contributed by atoms with Crippen molar-refractivity contribution in [1.82, 2.24) is 10.3 Å². The van der Waals surface area contributed by atoms with E-state index in [1.165, 1.54) is 0 Å². The van der Waals surface area contributed by atoms with E-state index in [-0.39, 0.29) is 10.0 Å². The number of amides is 2. The Labute approximate surface area is 106 Å². The van der Waals surface area contributed by atoms with Gasteiger partial charge in [0.1, 0.15) is 10.9 Å². The van der Waals surface area contributed by atoms with Gasteiger partial charge >= 0.3 is 5.97 Å². The number of carboxylic acids is 1. The van der Waals surface area contributed by atoms with E-state index in [1.807, 2.05) is 0 Å². The highest BCUT2D eigenvalue weighted by molar-refractivity contribution is 7.17. The SMILES string of the molecule is Cc1nc(N)sc1C(=O)NC(CC(N)=O)C(=O)O. The number of carbonyl (C=O) groups is 3. The van der Waals surface area contributed by atoms with Crippen LogP contribution < -0.4 is 16.8 Å². The molecule has 18 heavy (non-hydrogen) atoms. The fraction of sp³-hybridized carbons (Fsp3) is 0.333. The minimum absolute atomic E-state index is 0.208. The van der Waals surface area contributed by atoms with E-state index < -0.39 is 30.2 Å². The van der Waals surface area contributed by atoms with Crippen LogP contribution in [0.25, 0.3) is 0 Å². The van der Waals surface area contributed by atoms with E-state index >= 15 is 0 Å². The minimum atomic E-state index is -1.36. The van der Waals surface area contributed by atoms with Gasteiger partial charge in [0.25, 0.3) is 5.91 Å². The van der Waals surface area contributed by atoms with Gasteiger partial charge in [0.2, 0.25) is 5.91 Å². The summed E-state index contributed by atoms with van der Waals surface area (Å²) >= 11 is 0.941. The molecule has 0 saturated heterocycles. The number of thiazole rings is 1. The fourth-order valence-electron chi connectivity index (χ4n) is 1.25. The van der Waals surface area contributed by atoms with Crippen LogP contribution in [-0.4, -0.2) is 33.9 Å². The molecule has 1 aromatic rings. The first kappa shape index (κ1) is 13.9. The predicted octanol–water partition coefficient (Wildman–Crippen LogP) is -0.908. The molecular formula is C9H12N4O4S. The van der Waals surface area contributed by atoms with Crippen LogP contribution in [0.2, 0.25) is 0 Å². The van der Waals surface area contributed by atoms with Crippen LogP contribution in [0.3, 0.4) is 0 Å². The van der Waals surface area contributed by atoms with Gasteiger partial charge in [-0.1, -0.05) is 11.3 Å². The van der Waals surface area contributed by atoms with Gasteiger partial charge in [0, 0.05) is 0 Å². The van der Waals surface area contributed by atoms with Gasteiger partial charge in [-0.3, -0.25) is 9.59 Å². The number of nitrogens with zero attached hydrogens (tertiary/aromatic N) is 1. The summed E-state index contributed by atoms with van der Waals surface area (Å²) < 4.78 is 0. The lowest BCUT2D eigenvalue weighted by Crippen LogP contribution is -2.43. The number of carboxylic acid groups (broad SMARTS) is 1. The lowest BCUT2D eigenvalue weighted by Gasteiger charge is -2.11. The van der Waals surface area contributed by atoms with E-state index in [4.69, 9.17) is 16.6 Å². The zero-order valence-electron chi connectivity index (χ0n) is 9.47. The third kappa shape index (κ3) is 3.42. The van der Waals surface area contributed by atoms with E-state index in [9.17, 15) is 14.4 Å². The molecule has 0 spiro atoms. The lowest BCUT2D eigenvalue weighted by molar-refractivity contribution is -0.140. The largest absolute Gasteiger partial charge is 0.480 e. The van der Waals surface area contributed by atoms with Crippen molar-refractivity contribution >= 4 is 34.3 Å². The number of nitrogen functional groups attached to an aromatic ring is 1. The zero-order chi connectivity index (χ0) is 13.9. The van der Waals surface area contributed by atoms with Crippen LogP contribution in [0, 0.1) is 6.92 Å². The quantitative estimate of drug-likeness (QED) is 0.545. The fourth-order valence-corrected chi connectivity index (χ4v) is 1.99. The van der Waals surface area contributed by atoms with Crippen LogP contribution in [-0.2, 0) is 9.59 Å². The molecule has 0 bridgehead atoms. The molecule has 1 rings (SSSR count). The van der Waals surface area contributed by atoms with Crippen LogP contribution in [0.15, 0.2) is 0 Å². The van der Waals surface area contributed by atoms with Crippen LogP contribution in [0.1, 0.15) is 21.8 Å². The Morgan fingerprint density at radius 2 is 2.11 bits per heavy atom. The molecule has 1 heterocycles. The molecule has 1 unspecified atom stereocenters. The second-order valence-corrected chi connectivity index (χ2v) is 4.53. The number of aromatic nitrogens is 1. The first-order valence-corrected chi connectivity index (χ1v) is 5.67. The van der Waals surface area contributed by atoms with Gasteiger partial charge in [-0.25, -0.2) is 9.78 Å². The van der Waals surface area contributed by atoms with Crippen LogP contribution in [0.5, 0.6) is 0 Å². The number of aliphatic carboxylic acids is 1. The minimum Gasteiger partial charge on any atom is -0.480 e. The van der Waals surface area contributed by atoms with Crippen LogP contribution >= 0.6 is 11.3 Å². The average Bonchev–Trinajstić information content (AvgIpc) is 2.56. The summed E-state index contributed by atoms with van der Waals surface area (Å²) in [5.41, 5.74) is 10.7. The van der Waals surface area contributed by atoms with Gasteiger partial charge < -0.3 is 21.9 Å². The normalized spacial score (nSPS) is 11.8. The molecule has 1 aromatic heterocycles. The maximum atomic E-state index is 11.8. The van der Waals surface area contributed by atoms with Crippen molar-refractivity contribution in [3.8, 4) is 0 Å². The number of anilines is 1. The highest BCUT2D eigenvalue weighted by Gasteiger charge is 2.24. The predicted molar refractivity (Wildman–Crippen MR) is 64.0 cm³/mol. The maximum Gasteiger partial charge on any atom is 0.326 e. The highest BCUT2D eigenvalue weighted by Crippen LogP contribution is 2.19. The standard InChI is InChI=1S/C9H12N4O4S/c1-3-6(18-9(11)12-3)7(15)13-4(8(16)17)2-5(10)14/h4H,2H2,1H3,(H2,10,14)(H2,11,12)(H,13,15)(H,16,17). The number of rotatable bonds is 5. The van der Waals surface area contributed by atoms with Gasteiger partial charge in [-0.2, -0.15) is 0 Å². The Bertz CT molecular complexity index is 499. The summed E-state index contributed by atoms with van der Waals surface area (Å²) in [7, 11) is 0. The summed E-state index contributed by atoms with van der Waals surface area (Å²) in [5, 5.41) is 11.2. The molecule has 98 valence electrons. The average molecular weight is 272 g/mol. The third-order valence-electron chi connectivity index (χ3n) is 2.03. The second-order valence-electron chi connectivity index (χ2n) is 3.50. The van der Waals surface area contributed by atoms with Crippen molar-refractivity contribution < 1.29 is 19.5 Å². The lowest BCUT2D eigenvalue weighted by atomic mass is 10.2. The van der Waals surface area contributed by atoms with Gasteiger partial charge in [-0.05, 0) is 6.92 Å². The van der Waals surface area contributed by atoms with Gasteiger partial charge in [0.05, 0.1) is 12.1 Å². The highest BCUT2D eigenvalue weighted by atomic mass is 32.1. The smallest absolute Gasteiger partial charge is 0.326 e. The zero-order valence-corrected chi connectivity index (χ0v) is 10.3. The van der Waals surface area contributed by atoms with E-state index in [2.05, 4.69) is 10.3 Å². The van der Waals surface area contributed by atoms with Crippen molar-refractivity contribution in [3.63, 3.8) is 0 Å². The molecule has 0 saturated carbocycles. The van der Waals surface area contributed by atoms with E-state index in [1.54, 1.807) is 6.92 Å². The molecule has 0 aliphatic carbocycles. The molecule has 0 fully saturated rings. The van der Waals surface area contributed by atoms with Crippen molar-refractivity contribution in [2.75, 3.05) is 5.73 Å². The monoisotopic (exact) mass is 272 g/mol. The van der Waals surface area contributed by atoms with E-state index in [0.29, 0.717) is 5.69 Å². The Morgan fingerprint density at radius 1 is 1.50 bits per heavy atom. The second kappa shape index (κ2) is 5.45. The molecule has 0 aliphatic rings. The van der Waals surface area contributed by atoms with Crippen LogP contribution in [0.4, 0.5) is 5.13 Å². The number of nitrogens with two attached hydrogens (primary N) is 2. The first-order chi connectivity index (χ1) is 8.31. The number of aryl methyl sites for hydroxylation is 1. The number of primary amides is 1. The number of carbonyl (C=O) groups excluding carboxylic acids is 2. The molecular weight excluding hydrogens is 260 g/mol. The molecule has 0 radical (unpaired) electrons. The van der Waals surface area contributed by atoms with E-state index in [0.717, 1.165) is 11.3 Å². The molecule has 2 amide bonds. The molecule has 1 atom stereocenters. The number of hydrogen-bond acceptors (Lipinski definition) is 6. The number of hydrogen-bond donors (Lipinski definition) is 4. The van der Waals surface area contributed by atoms with Crippen molar-refractivity contribution in [2.45, 2.75) is 19.4 Å². The molecule has 0 aromatic carbocycles. The molecule has 9 heteroatoms. The summed E-state index contributed by atoms with van der Waals surface area (Å²) in [5.74, 6) is -2.80. The first-order valence-electron chi connectivity index (χ1n) is 4.86.